The van der Waals surface area contributed by atoms with Crippen LogP contribution >= 0.6 is 0 Å². The number of carbonyl (C=O) groups excluding carboxylic acids is 1. The van der Waals surface area contributed by atoms with Crippen molar-refractivity contribution in [2.75, 3.05) is 18.4 Å². The Kier molecular flexibility index (Phi) is 3.53. The first kappa shape index (κ1) is 13.5. The van der Waals surface area contributed by atoms with E-state index in [9.17, 15) is 14.9 Å². The molecule has 1 aromatic rings. The maximum Gasteiger partial charge on any atom is 0.272 e. The number of nitrogens with one attached hydrogen (secondary N) is 2. The molecule has 1 unspecified atom stereocenters. The zero-order valence-electron chi connectivity index (χ0n) is 11.0. The normalized spacial score (nSPS) is 22.2. The van der Waals surface area contributed by atoms with Crippen molar-refractivity contribution in [2.45, 2.75) is 20.3 Å². The molecule has 0 radical (unpaired) electrons. The van der Waals surface area contributed by atoms with Gasteiger partial charge in [-0.1, -0.05) is 0 Å². The Morgan fingerprint density at radius 3 is 2.79 bits per heavy atom. The molecular weight excluding hydrogens is 246 g/mol. The van der Waals surface area contributed by atoms with Gasteiger partial charge in [0.05, 0.1) is 10.3 Å². The molecule has 0 saturated carbocycles. The van der Waals surface area contributed by atoms with Gasteiger partial charge in [0.15, 0.2) is 0 Å². The van der Waals surface area contributed by atoms with E-state index in [1.165, 1.54) is 6.07 Å². The van der Waals surface area contributed by atoms with Crippen molar-refractivity contribution in [3.05, 3.63) is 33.9 Å². The van der Waals surface area contributed by atoms with Gasteiger partial charge in [0.1, 0.15) is 0 Å². The molecule has 2 rings (SSSR count). The lowest BCUT2D eigenvalue weighted by Crippen LogP contribution is -2.35. The number of aryl methyl sites for hydroxylation is 1. The van der Waals surface area contributed by atoms with E-state index in [1.54, 1.807) is 19.1 Å². The first-order valence-electron chi connectivity index (χ1n) is 6.20. The maximum atomic E-state index is 12.2. The second kappa shape index (κ2) is 4.97. The van der Waals surface area contributed by atoms with Crippen molar-refractivity contribution in [3.8, 4) is 0 Å². The van der Waals surface area contributed by atoms with E-state index < -0.39 is 10.3 Å². The Morgan fingerprint density at radius 1 is 1.53 bits per heavy atom. The highest BCUT2D eigenvalue weighted by Gasteiger charge is 2.36. The van der Waals surface area contributed by atoms with Crippen molar-refractivity contribution < 1.29 is 9.72 Å². The average Bonchev–Trinajstić information content (AvgIpc) is 2.77. The Labute approximate surface area is 111 Å². The summed E-state index contributed by atoms with van der Waals surface area (Å²) in [6, 6.07) is 4.61. The fourth-order valence-electron chi connectivity index (χ4n) is 2.23. The number of hydrogen-bond acceptors (Lipinski definition) is 4. The molecule has 2 N–H and O–H groups in total. The Balaban J connectivity index is 2.13. The monoisotopic (exact) mass is 263 g/mol. The van der Waals surface area contributed by atoms with E-state index in [-0.39, 0.29) is 11.6 Å². The summed E-state index contributed by atoms with van der Waals surface area (Å²) in [6.45, 7) is 5.07. The quantitative estimate of drug-likeness (QED) is 0.643. The summed E-state index contributed by atoms with van der Waals surface area (Å²) in [5.74, 6) is -0.0502. The minimum Gasteiger partial charge on any atom is -0.326 e. The van der Waals surface area contributed by atoms with Gasteiger partial charge >= 0.3 is 0 Å². The van der Waals surface area contributed by atoms with E-state index in [4.69, 9.17) is 0 Å². The van der Waals surface area contributed by atoms with Crippen LogP contribution in [0.25, 0.3) is 0 Å². The molecule has 102 valence electrons. The lowest BCUT2D eigenvalue weighted by atomic mass is 9.88. The van der Waals surface area contributed by atoms with Crippen LogP contribution in [0.15, 0.2) is 18.2 Å². The fraction of sp³-hybridized carbons (Fsp3) is 0.462. The number of nitro benzene ring substituents is 1. The number of benzene rings is 1. The Hall–Kier alpha value is -1.95. The molecule has 19 heavy (non-hydrogen) atoms. The van der Waals surface area contributed by atoms with Crippen molar-refractivity contribution in [2.24, 2.45) is 5.41 Å². The average molecular weight is 263 g/mol. The second-order valence-electron chi connectivity index (χ2n) is 5.20. The molecule has 1 aliphatic heterocycles. The van der Waals surface area contributed by atoms with Crippen LogP contribution in [0.3, 0.4) is 0 Å². The summed E-state index contributed by atoms with van der Waals surface area (Å²) in [7, 11) is 0. The molecule has 6 heteroatoms. The van der Waals surface area contributed by atoms with Gasteiger partial charge < -0.3 is 10.6 Å². The topological polar surface area (TPSA) is 84.3 Å². The third-order valence-corrected chi connectivity index (χ3v) is 3.57. The molecule has 1 heterocycles. The number of rotatable bonds is 3. The highest BCUT2D eigenvalue weighted by Crippen LogP contribution is 2.27. The van der Waals surface area contributed by atoms with E-state index in [0.29, 0.717) is 17.8 Å². The molecule has 1 fully saturated rings. The fourth-order valence-corrected chi connectivity index (χ4v) is 2.23. The molecule has 0 bridgehead atoms. The third-order valence-electron chi connectivity index (χ3n) is 3.57. The van der Waals surface area contributed by atoms with Gasteiger partial charge in [-0.25, -0.2) is 0 Å². The molecular formula is C13H17N3O3. The number of nitro groups is 1. The van der Waals surface area contributed by atoms with Crippen LogP contribution in [-0.4, -0.2) is 23.9 Å². The van der Waals surface area contributed by atoms with Crippen LogP contribution in [0, 0.1) is 22.5 Å². The van der Waals surface area contributed by atoms with E-state index in [2.05, 4.69) is 10.6 Å². The molecule has 1 amide bonds. The lowest BCUT2D eigenvalue weighted by Gasteiger charge is -2.21. The minimum atomic E-state index is -0.427. The standard InChI is InChI=1S/C13H17N3O3/c1-9-7-10(3-4-11(9)16(18)19)15-12(17)13(2)5-6-14-8-13/h3-4,7,14H,5-6,8H2,1-2H3,(H,15,17). The number of nitrogens with zero attached hydrogens (tertiary/aromatic N) is 1. The van der Waals surface area contributed by atoms with Crippen LogP contribution in [0.2, 0.25) is 0 Å². The number of hydrogen-bond donors (Lipinski definition) is 2. The zero-order valence-corrected chi connectivity index (χ0v) is 11.0. The second-order valence-corrected chi connectivity index (χ2v) is 5.20. The SMILES string of the molecule is Cc1cc(NC(=O)C2(C)CCNC2)ccc1[N+](=O)[O-]. The molecule has 0 aromatic heterocycles. The van der Waals surface area contributed by atoms with Gasteiger partial charge in [-0.2, -0.15) is 0 Å². The van der Waals surface area contributed by atoms with Crippen molar-refractivity contribution >= 4 is 17.3 Å². The summed E-state index contributed by atoms with van der Waals surface area (Å²) < 4.78 is 0. The van der Waals surface area contributed by atoms with Gasteiger partial charge in [-0.15, -0.1) is 0 Å². The van der Waals surface area contributed by atoms with E-state index >= 15 is 0 Å². The van der Waals surface area contributed by atoms with Gasteiger partial charge in [0.25, 0.3) is 5.69 Å². The van der Waals surface area contributed by atoms with E-state index in [0.717, 1.165) is 13.0 Å². The van der Waals surface area contributed by atoms with Crippen molar-refractivity contribution in [1.82, 2.24) is 5.32 Å². The number of amides is 1. The molecule has 6 nitrogen and oxygen atoms in total. The molecule has 1 saturated heterocycles. The van der Waals surface area contributed by atoms with Gasteiger partial charge in [-0.3, -0.25) is 14.9 Å². The van der Waals surface area contributed by atoms with Gasteiger partial charge in [0, 0.05) is 23.9 Å². The zero-order chi connectivity index (χ0) is 14.0. The first-order valence-corrected chi connectivity index (χ1v) is 6.20. The van der Waals surface area contributed by atoms with Crippen LogP contribution in [0.1, 0.15) is 18.9 Å². The summed E-state index contributed by atoms with van der Waals surface area (Å²) in [5.41, 5.74) is 0.792. The van der Waals surface area contributed by atoms with E-state index in [1.807, 2.05) is 6.92 Å². The Bertz CT molecular complexity index is 522. The third kappa shape index (κ3) is 2.73. The summed E-state index contributed by atoms with van der Waals surface area (Å²) in [5, 5.41) is 16.7. The molecule has 0 aliphatic carbocycles. The minimum absolute atomic E-state index is 0.0502. The van der Waals surface area contributed by atoms with Gasteiger partial charge in [0.2, 0.25) is 5.91 Å². The molecule has 0 spiro atoms. The molecule has 1 aromatic carbocycles. The van der Waals surface area contributed by atoms with Crippen LogP contribution < -0.4 is 10.6 Å². The van der Waals surface area contributed by atoms with Crippen LogP contribution in [0.4, 0.5) is 11.4 Å². The first-order chi connectivity index (χ1) is 8.92. The highest BCUT2D eigenvalue weighted by atomic mass is 16.6. The number of anilines is 1. The Morgan fingerprint density at radius 2 is 2.26 bits per heavy atom. The molecule has 1 atom stereocenters. The van der Waals surface area contributed by atoms with Crippen LogP contribution in [0.5, 0.6) is 0 Å². The van der Waals surface area contributed by atoms with Crippen molar-refractivity contribution in [1.29, 1.82) is 0 Å². The summed E-state index contributed by atoms with van der Waals surface area (Å²) >= 11 is 0. The predicted octanol–water partition coefficient (Wildman–Crippen LogP) is 1.84. The van der Waals surface area contributed by atoms with Gasteiger partial charge in [-0.05, 0) is 38.9 Å². The smallest absolute Gasteiger partial charge is 0.272 e. The highest BCUT2D eigenvalue weighted by molar-refractivity contribution is 5.95. The van der Waals surface area contributed by atoms with Crippen LogP contribution in [-0.2, 0) is 4.79 Å². The maximum absolute atomic E-state index is 12.2. The number of carbonyl (C=O) groups is 1. The van der Waals surface area contributed by atoms with Crippen molar-refractivity contribution in [3.63, 3.8) is 0 Å². The summed E-state index contributed by atoms with van der Waals surface area (Å²) in [6.07, 6.45) is 0.796. The largest absolute Gasteiger partial charge is 0.326 e. The lowest BCUT2D eigenvalue weighted by molar-refractivity contribution is -0.385. The summed E-state index contributed by atoms with van der Waals surface area (Å²) in [4.78, 5) is 22.5. The molecule has 1 aliphatic rings. The predicted molar refractivity (Wildman–Crippen MR) is 72.1 cm³/mol.